The fraction of sp³-hybridized carbons (Fsp3) is 0.500. The summed E-state index contributed by atoms with van der Waals surface area (Å²) in [6.07, 6.45) is 4.09. The lowest BCUT2D eigenvalue weighted by Crippen LogP contribution is -2.17. The Morgan fingerprint density at radius 2 is 1.93 bits per heavy atom. The van der Waals surface area contributed by atoms with E-state index in [9.17, 15) is 5.11 Å². The first kappa shape index (κ1) is 13.8. The highest BCUT2D eigenvalue weighted by Crippen LogP contribution is 1.96. The number of hydrogen-bond acceptors (Lipinski definition) is 2. The molecule has 0 bridgehead atoms. The summed E-state index contributed by atoms with van der Waals surface area (Å²) in [6.45, 7) is 6.80. The van der Waals surface area contributed by atoms with Gasteiger partial charge in [0.25, 0.3) is 0 Å². The first-order valence-electron chi connectivity index (χ1n) is 4.66. The van der Waals surface area contributed by atoms with Crippen LogP contribution in [0.5, 0.6) is 0 Å². The average molecular weight is 220 g/mol. The summed E-state index contributed by atoms with van der Waals surface area (Å²) in [5.74, 6) is 10.3. The van der Waals surface area contributed by atoms with Crippen molar-refractivity contribution in [1.29, 1.82) is 0 Å². The molecule has 0 aromatic rings. The molecule has 0 spiro atoms. The van der Waals surface area contributed by atoms with Gasteiger partial charge in [-0.2, -0.15) is 0 Å². The molecule has 1 N–H and O–H groups in total. The fourth-order valence-electron chi connectivity index (χ4n) is 0.620. The van der Waals surface area contributed by atoms with Crippen molar-refractivity contribution in [3.05, 3.63) is 0 Å². The van der Waals surface area contributed by atoms with E-state index in [1.165, 1.54) is 0 Å². The van der Waals surface area contributed by atoms with Crippen LogP contribution in [0.2, 0.25) is 19.6 Å². The smallest absolute Gasteiger partial charge is 0.176 e. The minimum absolute atomic E-state index is 0.232. The van der Waals surface area contributed by atoms with Crippen LogP contribution in [-0.4, -0.2) is 32.5 Å². The maximum atomic E-state index is 9.35. The molecule has 0 aliphatic rings. The minimum Gasteiger partial charge on any atom is -0.369 e. The first-order chi connectivity index (χ1) is 6.95. The van der Waals surface area contributed by atoms with Crippen LogP contribution in [0.1, 0.15) is 0 Å². The van der Waals surface area contributed by atoms with Gasteiger partial charge >= 0.3 is 0 Å². The predicted molar refractivity (Wildman–Crippen MR) is 64.6 cm³/mol. The summed E-state index contributed by atoms with van der Waals surface area (Å²) >= 11 is 0. The van der Waals surface area contributed by atoms with Gasteiger partial charge in [-0.15, -0.1) is 12.0 Å². The molecule has 0 saturated carbocycles. The van der Waals surface area contributed by atoms with Gasteiger partial charge in [-0.25, -0.2) is 0 Å². The van der Waals surface area contributed by atoms with Crippen LogP contribution in [0.3, 0.4) is 0 Å². The van der Waals surface area contributed by atoms with Crippen LogP contribution in [0.25, 0.3) is 0 Å². The van der Waals surface area contributed by atoms with E-state index < -0.39 is 14.2 Å². The van der Waals surface area contributed by atoms with Crippen LogP contribution in [0, 0.1) is 35.6 Å². The summed E-state index contributed by atoms with van der Waals surface area (Å²) in [6, 6.07) is 0. The standard InChI is InChI=1S/C12H16O2Si/c1-5-9-14-10-6-7-12(13)8-11-15(2,3)4/h1,12-13H,9-10H2,2-4H3. The van der Waals surface area contributed by atoms with E-state index in [2.05, 4.69) is 48.9 Å². The van der Waals surface area contributed by atoms with Gasteiger partial charge in [0, 0.05) is 0 Å². The zero-order chi connectivity index (χ0) is 11.7. The third-order valence-electron chi connectivity index (χ3n) is 1.18. The molecule has 80 valence electrons. The Labute approximate surface area is 93.0 Å². The van der Waals surface area contributed by atoms with Gasteiger partial charge in [0.2, 0.25) is 0 Å². The molecule has 15 heavy (non-hydrogen) atoms. The van der Waals surface area contributed by atoms with Crippen LogP contribution in [-0.2, 0) is 4.74 Å². The Morgan fingerprint density at radius 1 is 1.27 bits per heavy atom. The maximum absolute atomic E-state index is 9.35. The molecule has 0 aliphatic heterocycles. The molecule has 0 fully saturated rings. The van der Waals surface area contributed by atoms with E-state index >= 15 is 0 Å². The minimum atomic E-state index is -1.43. The number of aliphatic hydroxyl groups is 1. The molecule has 0 aromatic heterocycles. The van der Waals surface area contributed by atoms with Gasteiger partial charge in [0.15, 0.2) is 6.10 Å². The second-order valence-electron chi connectivity index (χ2n) is 3.94. The Balaban J connectivity index is 3.97. The van der Waals surface area contributed by atoms with Gasteiger partial charge in [-0.05, 0) is 0 Å². The van der Waals surface area contributed by atoms with Crippen LogP contribution < -0.4 is 0 Å². The van der Waals surface area contributed by atoms with Gasteiger partial charge in [0.1, 0.15) is 21.3 Å². The van der Waals surface area contributed by atoms with E-state index in [1.54, 1.807) is 0 Å². The molecule has 0 rings (SSSR count). The molecule has 2 nitrogen and oxygen atoms in total. The molecular formula is C12H16O2Si. The van der Waals surface area contributed by atoms with Gasteiger partial charge in [-0.1, -0.05) is 43.3 Å². The SMILES string of the molecule is C#CCOCC#CC(O)C#C[Si](C)(C)C. The predicted octanol–water partition coefficient (Wildman–Crippen LogP) is 0.881. The Kier molecular flexibility index (Phi) is 6.59. The van der Waals surface area contributed by atoms with Crippen LogP contribution in [0.15, 0.2) is 0 Å². The van der Waals surface area contributed by atoms with Gasteiger partial charge < -0.3 is 9.84 Å². The first-order valence-corrected chi connectivity index (χ1v) is 8.16. The number of ether oxygens (including phenoxy) is 1. The molecule has 1 unspecified atom stereocenters. The molecule has 1 atom stereocenters. The van der Waals surface area contributed by atoms with Crippen molar-refractivity contribution in [3.8, 4) is 35.6 Å². The molecule has 0 saturated heterocycles. The summed E-state index contributed by atoms with van der Waals surface area (Å²) in [5, 5.41) is 9.35. The highest BCUT2D eigenvalue weighted by molar-refractivity contribution is 6.83. The zero-order valence-electron chi connectivity index (χ0n) is 9.42. The summed E-state index contributed by atoms with van der Waals surface area (Å²) in [5.41, 5.74) is 3.04. The normalized spacial score (nSPS) is 11.4. The van der Waals surface area contributed by atoms with Crippen LogP contribution >= 0.6 is 0 Å². The van der Waals surface area contributed by atoms with Crippen molar-refractivity contribution in [1.82, 2.24) is 0 Å². The van der Waals surface area contributed by atoms with Crippen molar-refractivity contribution in [3.63, 3.8) is 0 Å². The van der Waals surface area contributed by atoms with E-state index in [4.69, 9.17) is 11.2 Å². The molecule has 0 aromatic carbocycles. The largest absolute Gasteiger partial charge is 0.369 e. The Bertz CT molecular complexity index is 338. The Hall–Kier alpha value is -1.18. The van der Waals surface area contributed by atoms with E-state index in [-0.39, 0.29) is 13.2 Å². The molecule has 0 amide bonds. The maximum Gasteiger partial charge on any atom is 0.176 e. The molecule has 0 heterocycles. The highest BCUT2D eigenvalue weighted by atomic mass is 28.3. The number of aliphatic hydroxyl groups excluding tert-OH is 1. The van der Waals surface area contributed by atoms with Crippen LogP contribution in [0.4, 0.5) is 0 Å². The quantitative estimate of drug-likeness (QED) is 0.425. The van der Waals surface area contributed by atoms with Crippen molar-refractivity contribution < 1.29 is 9.84 Å². The lowest BCUT2D eigenvalue weighted by molar-refractivity contribution is 0.204. The second-order valence-corrected chi connectivity index (χ2v) is 8.69. The molecule has 0 aliphatic carbocycles. The highest BCUT2D eigenvalue weighted by Gasteiger charge is 2.07. The second kappa shape index (κ2) is 7.15. The summed E-state index contributed by atoms with van der Waals surface area (Å²) in [4.78, 5) is 0. The fourth-order valence-corrected chi connectivity index (χ4v) is 1.19. The van der Waals surface area contributed by atoms with Gasteiger partial charge in [-0.3, -0.25) is 0 Å². The van der Waals surface area contributed by atoms with E-state index in [1.807, 2.05) is 0 Å². The van der Waals surface area contributed by atoms with E-state index in [0.29, 0.717) is 0 Å². The third-order valence-corrected chi connectivity index (χ3v) is 2.08. The summed E-state index contributed by atoms with van der Waals surface area (Å²) < 4.78 is 4.92. The lowest BCUT2D eigenvalue weighted by atomic mass is 10.4. The molecular weight excluding hydrogens is 204 g/mol. The number of hydrogen-bond donors (Lipinski definition) is 1. The van der Waals surface area contributed by atoms with Gasteiger partial charge in [0.05, 0.1) is 0 Å². The van der Waals surface area contributed by atoms with Crippen molar-refractivity contribution >= 4 is 8.07 Å². The van der Waals surface area contributed by atoms with Crippen molar-refractivity contribution in [2.75, 3.05) is 13.2 Å². The Morgan fingerprint density at radius 3 is 2.47 bits per heavy atom. The van der Waals surface area contributed by atoms with Crippen molar-refractivity contribution in [2.45, 2.75) is 25.7 Å². The topological polar surface area (TPSA) is 29.5 Å². The van der Waals surface area contributed by atoms with Crippen molar-refractivity contribution in [2.24, 2.45) is 0 Å². The average Bonchev–Trinajstić information content (AvgIpc) is 2.13. The molecule has 3 heteroatoms. The lowest BCUT2D eigenvalue weighted by Gasteiger charge is -2.03. The summed E-state index contributed by atoms with van der Waals surface area (Å²) in [7, 11) is -1.43. The number of rotatable bonds is 2. The molecule has 0 radical (unpaired) electrons. The third kappa shape index (κ3) is 10.7. The zero-order valence-corrected chi connectivity index (χ0v) is 10.4. The number of terminal acetylenes is 1. The van der Waals surface area contributed by atoms with E-state index in [0.717, 1.165) is 0 Å². The monoisotopic (exact) mass is 220 g/mol.